The molecule has 2 unspecified atom stereocenters. The van der Waals surface area contributed by atoms with Crippen molar-refractivity contribution >= 4 is 11.9 Å². The molecule has 2 saturated heterocycles. The van der Waals surface area contributed by atoms with Crippen molar-refractivity contribution in [1.29, 1.82) is 0 Å². The van der Waals surface area contributed by atoms with E-state index in [9.17, 15) is 30.0 Å². The summed E-state index contributed by atoms with van der Waals surface area (Å²) in [6, 6.07) is 0. The minimum Gasteiger partial charge on any atom is -0.550 e. The van der Waals surface area contributed by atoms with E-state index in [1.807, 2.05) is 0 Å². The number of morpholine rings is 1. The number of nitrogens with two attached hydrogens (primary N) is 1. The van der Waals surface area contributed by atoms with Gasteiger partial charge in [-0.3, -0.25) is 4.79 Å². The molecule has 9 heteroatoms. The lowest BCUT2D eigenvalue weighted by molar-refractivity contribution is -0.670. The Morgan fingerprint density at radius 1 is 0.513 bits per heavy atom. The molecule has 2 heterocycles. The standard InChI is InChI=1S/2C30H48O3.C5H10O.C4H9NO/c2*1-18-10-15-30(25(32)33)17-16-28(6)20(24(30)19(18)2)8-9-22-27(5)13-12-23(31)26(3,4)21(27)11-14-29(22,28)7;1-2-4-6-5-3-1;1-3-6-4-2-5-1/h2*8,18-19,21-24,31H,9-17H2,1-7H3,(H,32,33);1-5H2;5H,1-4H2/t2*18-,19+,21?,22-,23+,24+,27+,28-,29-,30+;;/m11../s1. The van der Waals surface area contributed by atoms with Crippen molar-refractivity contribution in [3.63, 3.8) is 0 Å². The molecule has 78 heavy (non-hydrogen) atoms. The van der Waals surface area contributed by atoms with Crippen LogP contribution in [0.3, 0.4) is 0 Å². The molecular formula is C69H115NO8. The number of ether oxygens (including phenoxy) is 2. The minimum atomic E-state index is -0.792. The molecule has 20 atom stereocenters. The number of quaternary nitrogens is 1. The van der Waals surface area contributed by atoms with Crippen LogP contribution in [0.15, 0.2) is 23.3 Å². The van der Waals surface area contributed by atoms with Crippen molar-refractivity contribution in [2.45, 2.75) is 244 Å². The Labute approximate surface area is 474 Å². The summed E-state index contributed by atoms with van der Waals surface area (Å²) in [4.78, 5) is 25.5. The average molecular weight is 1090 g/mol. The van der Waals surface area contributed by atoms with Crippen molar-refractivity contribution in [3.05, 3.63) is 23.3 Å². The van der Waals surface area contributed by atoms with E-state index in [-0.39, 0.29) is 67.4 Å². The second kappa shape index (κ2) is 21.7. The maximum Gasteiger partial charge on any atom is 0.310 e. The predicted molar refractivity (Wildman–Crippen MR) is 310 cm³/mol. The van der Waals surface area contributed by atoms with Gasteiger partial charge in [-0.15, -0.1) is 0 Å². The highest BCUT2D eigenvalue weighted by Gasteiger charge is 2.71. The first-order chi connectivity index (χ1) is 36.5. The molecule has 10 fully saturated rings. The van der Waals surface area contributed by atoms with E-state index in [0.717, 1.165) is 129 Å². The van der Waals surface area contributed by atoms with E-state index in [0.29, 0.717) is 47.3 Å². The molecule has 5 N–H and O–H groups in total. The van der Waals surface area contributed by atoms with Crippen LogP contribution in [0.2, 0.25) is 0 Å². The highest BCUT2D eigenvalue weighted by atomic mass is 16.5. The number of hydrogen-bond acceptors (Lipinski definition) is 7. The van der Waals surface area contributed by atoms with Crippen LogP contribution < -0.4 is 10.4 Å². The topological polar surface area (TPSA) is 153 Å². The first-order valence-electron chi connectivity index (χ1n) is 32.7. The van der Waals surface area contributed by atoms with Crippen LogP contribution in [0, 0.1) is 113 Å². The Bertz CT molecular complexity index is 2070. The number of rotatable bonds is 2. The summed E-state index contributed by atoms with van der Waals surface area (Å²) in [5.41, 5.74) is 2.70. The van der Waals surface area contributed by atoms with Gasteiger partial charge in [0, 0.05) is 24.6 Å². The van der Waals surface area contributed by atoms with Gasteiger partial charge >= 0.3 is 5.97 Å². The van der Waals surface area contributed by atoms with Crippen LogP contribution >= 0.6 is 0 Å². The van der Waals surface area contributed by atoms with Crippen molar-refractivity contribution < 1.29 is 44.8 Å². The third kappa shape index (κ3) is 9.18. The van der Waals surface area contributed by atoms with Gasteiger partial charge in [-0.05, 0) is 237 Å². The van der Waals surface area contributed by atoms with Crippen molar-refractivity contribution in [2.75, 3.05) is 39.5 Å². The van der Waals surface area contributed by atoms with Crippen LogP contribution in [0.5, 0.6) is 0 Å². The summed E-state index contributed by atoms with van der Waals surface area (Å²) in [7, 11) is 0. The number of fused-ring (bicyclic) bond motifs is 14. The molecule has 0 bridgehead atoms. The molecule has 0 radical (unpaired) electrons. The molecule has 0 spiro atoms. The van der Waals surface area contributed by atoms with Gasteiger partial charge in [0.1, 0.15) is 0 Å². The molecule has 0 aromatic heterocycles. The fraction of sp³-hybridized carbons (Fsp3) is 0.913. The predicted octanol–water partition coefficient (Wildman–Crippen LogP) is 12.6. The van der Waals surface area contributed by atoms with E-state index in [2.05, 4.69) is 114 Å². The monoisotopic (exact) mass is 1090 g/mol. The molecule has 444 valence electrons. The van der Waals surface area contributed by atoms with E-state index >= 15 is 0 Å². The summed E-state index contributed by atoms with van der Waals surface area (Å²) in [5, 5.41) is 47.2. The van der Waals surface area contributed by atoms with Gasteiger partial charge < -0.3 is 40.0 Å². The second-order valence-corrected chi connectivity index (χ2v) is 32.1. The van der Waals surface area contributed by atoms with Crippen LogP contribution in [0.4, 0.5) is 0 Å². The number of carbonyl (C=O) groups is 2. The molecule has 0 aromatic carbocycles. The smallest absolute Gasteiger partial charge is 0.310 e. The van der Waals surface area contributed by atoms with Crippen LogP contribution in [0.1, 0.15) is 232 Å². The lowest BCUT2D eigenvalue weighted by atomic mass is 9.33. The Morgan fingerprint density at radius 3 is 1.28 bits per heavy atom. The molecule has 12 rings (SSSR count). The van der Waals surface area contributed by atoms with Gasteiger partial charge in [0.05, 0.1) is 43.9 Å². The van der Waals surface area contributed by atoms with Gasteiger partial charge in [-0.25, -0.2) is 0 Å². The molecule has 2 aliphatic heterocycles. The van der Waals surface area contributed by atoms with E-state index in [4.69, 9.17) is 9.47 Å². The number of aliphatic hydroxyl groups is 2. The fourth-order valence-electron chi connectivity index (χ4n) is 22.9. The number of hydrogen-bond donors (Lipinski definition) is 4. The number of carbonyl (C=O) groups excluding carboxylic acids is 1. The van der Waals surface area contributed by atoms with Gasteiger partial charge in [-0.1, -0.05) is 120 Å². The maximum absolute atomic E-state index is 12.8. The summed E-state index contributed by atoms with van der Waals surface area (Å²) in [6.07, 6.45) is 26.9. The highest BCUT2D eigenvalue weighted by Crippen LogP contribution is 2.78. The summed E-state index contributed by atoms with van der Waals surface area (Å²) in [6.45, 7) is 40.0. The average Bonchev–Trinajstić information content (AvgIpc) is 3.61. The number of carboxylic acids is 2. The molecule has 8 saturated carbocycles. The Hall–Kier alpha value is -1.78. The summed E-state index contributed by atoms with van der Waals surface area (Å²) >= 11 is 0. The second-order valence-electron chi connectivity index (χ2n) is 32.1. The van der Waals surface area contributed by atoms with Crippen molar-refractivity contribution in [3.8, 4) is 0 Å². The SMILES string of the molecule is C1CCOCC1.C1COCC[NH2+]1.C[C@H]1[C@H](C)CC[C@]2(C(=O)O)CC[C@]3(C)C(=CC[C@@H]4[C@@]5(C)CC[C@H](O)C(C)(C)C5CC[C@]43C)[C@H]12.C[C@H]1[C@H](C)CC[C@]2(C(=O)[O-])CC[C@]3(C)C(=CC[C@@H]4[C@@]5(C)CC[C@H](O)C(C)(C)C5CC[C@]43C)[C@H]12. The van der Waals surface area contributed by atoms with Crippen molar-refractivity contribution in [1.82, 2.24) is 0 Å². The minimum absolute atomic E-state index is 0.0302. The molecule has 12 aliphatic rings. The van der Waals surface area contributed by atoms with E-state index in [1.54, 1.807) is 0 Å². The van der Waals surface area contributed by atoms with E-state index < -0.39 is 22.8 Å². The normalized spacial score (nSPS) is 50.5. The summed E-state index contributed by atoms with van der Waals surface area (Å²) < 4.78 is 10.1. The Balaban J connectivity index is 0.000000156. The van der Waals surface area contributed by atoms with Gasteiger partial charge in [0.15, 0.2) is 0 Å². The van der Waals surface area contributed by atoms with Crippen LogP contribution in [-0.2, 0) is 19.1 Å². The number of allylic oxidation sites excluding steroid dienone is 4. The zero-order valence-corrected chi connectivity index (χ0v) is 52.1. The first-order valence-corrected chi connectivity index (χ1v) is 32.7. The first kappa shape index (κ1) is 60.8. The Morgan fingerprint density at radius 2 is 0.923 bits per heavy atom. The number of aliphatic carboxylic acids is 2. The van der Waals surface area contributed by atoms with Gasteiger partial charge in [0.25, 0.3) is 0 Å². The number of aliphatic hydroxyl groups excluding tert-OH is 2. The summed E-state index contributed by atoms with van der Waals surface area (Å²) in [5.74, 6) is 3.24. The van der Waals surface area contributed by atoms with Gasteiger partial charge in [-0.2, -0.15) is 0 Å². The highest BCUT2D eigenvalue weighted by molar-refractivity contribution is 5.77. The fourth-order valence-corrected chi connectivity index (χ4v) is 22.9. The Kier molecular flexibility index (Phi) is 16.9. The lowest BCUT2D eigenvalue weighted by Crippen LogP contribution is -2.87. The quantitative estimate of drug-likeness (QED) is 0.199. The third-order valence-corrected chi connectivity index (χ3v) is 28.8. The molecule has 10 aliphatic carbocycles. The zero-order valence-electron chi connectivity index (χ0n) is 52.1. The van der Waals surface area contributed by atoms with E-state index in [1.165, 1.54) is 56.1 Å². The molecule has 0 aromatic rings. The molecule has 9 nitrogen and oxygen atoms in total. The third-order valence-electron chi connectivity index (χ3n) is 28.8. The van der Waals surface area contributed by atoms with Crippen molar-refractivity contribution in [2.24, 2.45) is 113 Å². The number of carboxylic acid groups (broad SMARTS) is 2. The zero-order chi connectivity index (χ0) is 56.9. The van der Waals surface area contributed by atoms with Crippen LogP contribution in [0.25, 0.3) is 0 Å². The van der Waals surface area contributed by atoms with Crippen LogP contribution in [-0.4, -0.2) is 79.0 Å². The largest absolute Gasteiger partial charge is 0.550 e. The molecule has 0 amide bonds. The van der Waals surface area contributed by atoms with Gasteiger partial charge in [0.2, 0.25) is 0 Å². The lowest BCUT2D eigenvalue weighted by Gasteiger charge is -2.71. The maximum atomic E-state index is 12.8. The molecular weight excluding hydrogens is 971 g/mol.